The molecule has 0 fully saturated rings. The number of para-hydroxylation sites is 1. The maximum Gasteiger partial charge on any atom is 0.178 e. The molecule has 1 unspecified atom stereocenters. The van der Waals surface area contributed by atoms with Gasteiger partial charge in [0.25, 0.3) is 0 Å². The van der Waals surface area contributed by atoms with Crippen LogP contribution in [0.25, 0.3) is 11.0 Å². The average Bonchev–Trinajstić information content (AvgIpc) is 2.66. The molecule has 2 aromatic rings. The van der Waals surface area contributed by atoms with E-state index in [1.165, 1.54) is 0 Å². The fourth-order valence-electron chi connectivity index (χ4n) is 2.30. The summed E-state index contributed by atoms with van der Waals surface area (Å²) in [5.41, 5.74) is 1.95. The molecular weight excluding hydrogens is 268 g/mol. The first-order valence-electron chi connectivity index (χ1n) is 6.06. The second-order valence-corrected chi connectivity index (χ2v) is 5.13. The molecule has 98 valence electrons. The van der Waals surface area contributed by atoms with Gasteiger partial charge in [0.2, 0.25) is 0 Å². The summed E-state index contributed by atoms with van der Waals surface area (Å²) in [5, 5.41) is 0.719. The van der Waals surface area contributed by atoms with Crippen LogP contribution < -0.4 is 0 Å². The molecule has 3 nitrogen and oxygen atoms in total. The van der Waals surface area contributed by atoms with Gasteiger partial charge in [0, 0.05) is 7.11 Å². The van der Waals surface area contributed by atoms with Crippen molar-refractivity contribution in [2.45, 2.75) is 25.8 Å². The first-order valence-corrected chi connectivity index (χ1v) is 6.85. The lowest BCUT2D eigenvalue weighted by Crippen LogP contribution is -2.14. The van der Waals surface area contributed by atoms with E-state index in [9.17, 15) is 0 Å². The van der Waals surface area contributed by atoms with Gasteiger partial charge in [-0.25, -0.2) is 0 Å². The van der Waals surface area contributed by atoms with E-state index in [4.69, 9.17) is 28.6 Å². The molecule has 0 amide bonds. The number of hydrogen-bond donors (Lipinski definition) is 1. The normalized spacial score (nSPS) is 13.1. The molecule has 0 aliphatic rings. The number of nitrogens with zero attached hydrogens (tertiary/aromatic N) is 1. The van der Waals surface area contributed by atoms with Crippen LogP contribution >= 0.6 is 23.8 Å². The first kappa shape index (κ1) is 13.6. The Hall–Kier alpha value is -0.840. The van der Waals surface area contributed by atoms with Gasteiger partial charge in [-0.3, -0.25) is 0 Å². The third kappa shape index (κ3) is 2.46. The van der Waals surface area contributed by atoms with Gasteiger partial charge < -0.3 is 14.3 Å². The van der Waals surface area contributed by atoms with Crippen LogP contribution in [0.1, 0.15) is 25.8 Å². The predicted octanol–water partition coefficient (Wildman–Crippen LogP) is 4.34. The number of methoxy groups -OCH3 is 1. The molecule has 0 bridgehead atoms. The Labute approximate surface area is 117 Å². The molecule has 0 aliphatic carbocycles. The van der Waals surface area contributed by atoms with E-state index < -0.39 is 0 Å². The Morgan fingerprint density at radius 2 is 2.28 bits per heavy atom. The summed E-state index contributed by atoms with van der Waals surface area (Å²) < 4.78 is 8.09. The molecule has 1 atom stereocenters. The highest BCUT2D eigenvalue weighted by atomic mass is 35.5. The molecule has 18 heavy (non-hydrogen) atoms. The Kier molecular flexibility index (Phi) is 4.43. The highest BCUT2D eigenvalue weighted by Crippen LogP contribution is 2.28. The molecule has 0 spiro atoms. The van der Waals surface area contributed by atoms with Crippen molar-refractivity contribution in [3.63, 3.8) is 0 Å². The van der Waals surface area contributed by atoms with Crippen LogP contribution in [-0.4, -0.2) is 23.3 Å². The van der Waals surface area contributed by atoms with Crippen molar-refractivity contribution in [3.05, 3.63) is 28.0 Å². The van der Waals surface area contributed by atoms with Crippen molar-refractivity contribution in [2.24, 2.45) is 0 Å². The molecule has 1 aromatic heterocycles. The maximum absolute atomic E-state index is 6.29. The van der Waals surface area contributed by atoms with E-state index in [2.05, 4.69) is 16.5 Å². The van der Waals surface area contributed by atoms with Crippen molar-refractivity contribution < 1.29 is 4.74 Å². The monoisotopic (exact) mass is 284 g/mol. The second-order valence-electron chi connectivity index (χ2n) is 4.33. The lowest BCUT2D eigenvalue weighted by atomic mass is 10.1. The largest absolute Gasteiger partial charge is 0.383 e. The minimum atomic E-state index is 0.223. The van der Waals surface area contributed by atoms with Crippen molar-refractivity contribution in [2.75, 3.05) is 13.7 Å². The highest BCUT2D eigenvalue weighted by Gasteiger charge is 2.16. The van der Waals surface area contributed by atoms with E-state index in [1.54, 1.807) is 7.11 Å². The lowest BCUT2D eigenvalue weighted by molar-refractivity contribution is 0.151. The number of H-pyrrole nitrogens is 1. The van der Waals surface area contributed by atoms with Crippen molar-refractivity contribution >= 4 is 34.9 Å². The minimum absolute atomic E-state index is 0.223. The van der Waals surface area contributed by atoms with Gasteiger partial charge >= 0.3 is 0 Å². The third-order valence-electron chi connectivity index (χ3n) is 3.03. The first-order chi connectivity index (χ1) is 8.69. The second kappa shape index (κ2) is 5.87. The molecule has 1 heterocycles. The number of nitrogens with one attached hydrogen (secondary N) is 1. The summed E-state index contributed by atoms with van der Waals surface area (Å²) in [6.45, 7) is 2.79. The fourth-order valence-corrected chi connectivity index (χ4v) is 2.91. The number of rotatable bonds is 5. The number of hydrogen-bond acceptors (Lipinski definition) is 2. The Morgan fingerprint density at radius 1 is 1.50 bits per heavy atom. The molecule has 0 saturated carbocycles. The zero-order valence-corrected chi connectivity index (χ0v) is 12.1. The summed E-state index contributed by atoms with van der Waals surface area (Å²) in [6, 6.07) is 6.02. The van der Waals surface area contributed by atoms with Gasteiger partial charge in [0.15, 0.2) is 4.77 Å². The van der Waals surface area contributed by atoms with Crippen LogP contribution in [0.3, 0.4) is 0 Å². The van der Waals surface area contributed by atoms with Crippen LogP contribution in [-0.2, 0) is 4.74 Å². The number of imidazole rings is 1. The topological polar surface area (TPSA) is 29.9 Å². The zero-order chi connectivity index (χ0) is 13.1. The van der Waals surface area contributed by atoms with E-state index in [1.807, 2.05) is 18.2 Å². The summed E-state index contributed by atoms with van der Waals surface area (Å²) in [6.07, 6.45) is 2.09. The summed E-state index contributed by atoms with van der Waals surface area (Å²) >= 11 is 11.7. The van der Waals surface area contributed by atoms with E-state index in [-0.39, 0.29) is 6.04 Å². The van der Waals surface area contributed by atoms with Gasteiger partial charge in [0.05, 0.1) is 28.7 Å². The molecule has 0 radical (unpaired) electrons. The number of aromatic nitrogens is 2. The number of halogens is 1. The summed E-state index contributed by atoms with van der Waals surface area (Å²) in [4.78, 5) is 3.20. The minimum Gasteiger partial charge on any atom is -0.383 e. The van der Waals surface area contributed by atoms with E-state index in [0.717, 1.165) is 28.9 Å². The molecular formula is C13H17ClN2OS. The van der Waals surface area contributed by atoms with Crippen LogP contribution in [0.2, 0.25) is 5.02 Å². The predicted molar refractivity (Wildman–Crippen MR) is 78.0 cm³/mol. The van der Waals surface area contributed by atoms with E-state index in [0.29, 0.717) is 11.4 Å². The SMILES string of the molecule is CCCC(COC)n1c(=S)[nH]c2cccc(Cl)c21. The van der Waals surface area contributed by atoms with Crippen molar-refractivity contribution in [1.82, 2.24) is 9.55 Å². The van der Waals surface area contributed by atoms with Crippen molar-refractivity contribution in [1.29, 1.82) is 0 Å². The Morgan fingerprint density at radius 3 is 2.94 bits per heavy atom. The van der Waals surface area contributed by atoms with Crippen LogP contribution in [0.4, 0.5) is 0 Å². The Bertz CT molecular complexity index is 584. The van der Waals surface area contributed by atoms with Crippen LogP contribution in [0, 0.1) is 4.77 Å². The lowest BCUT2D eigenvalue weighted by Gasteiger charge is -2.18. The molecule has 0 aliphatic heterocycles. The molecule has 1 N–H and O–H groups in total. The van der Waals surface area contributed by atoms with Crippen LogP contribution in [0.15, 0.2) is 18.2 Å². The van der Waals surface area contributed by atoms with Gasteiger partial charge in [-0.1, -0.05) is 31.0 Å². The number of benzene rings is 1. The Balaban J connectivity index is 2.60. The number of aromatic amines is 1. The summed E-state index contributed by atoms with van der Waals surface area (Å²) in [7, 11) is 1.71. The van der Waals surface area contributed by atoms with Gasteiger partial charge in [-0.2, -0.15) is 0 Å². The smallest absolute Gasteiger partial charge is 0.178 e. The van der Waals surface area contributed by atoms with Gasteiger partial charge in [-0.15, -0.1) is 0 Å². The number of ether oxygens (including phenoxy) is 1. The van der Waals surface area contributed by atoms with Crippen molar-refractivity contribution in [3.8, 4) is 0 Å². The maximum atomic E-state index is 6.29. The van der Waals surface area contributed by atoms with Crippen LogP contribution in [0.5, 0.6) is 0 Å². The average molecular weight is 285 g/mol. The quantitative estimate of drug-likeness (QED) is 0.828. The molecule has 2 rings (SSSR count). The molecule has 0 saturated heterocycles. The van der Waals surface area contributed by atoms with Gasteiger partial charge in [0.1, 0.15) is 0 Å². The summed E-state index contributed by atoms with van der Waals surface area (Å²) in [5.74, 6) is 0. The molecule has 1 aromatic carbocycles. The van der Waals surface area contributed by atoms with Gasteiger partial charge in [-0.05, 0) is 30.8 Å². The molecule has 5 heteroatoms. The fraction of sp³-hybridized carbons (Fsp3) is 0.462. The number of fused-ring (bicyclic) bond motifs is 1. The third-order valence-corrected chi connectivity index (χ3v) is 3.64. The zero-order valence-electron chi connectivity index (χ0n) is 10.6. The standard InChI is InChI=1S/C13H17ClN2OS/c1-3-5-9(8-17-2)16-12-10(14)6-4-7-11(12)15-13(16)18/h4,6-7,9H,3,5,8H2,1-2H3,(H,15,18). The highest BCUT2D eigenvalue weighted by molar-refractivity contribution is 7.71. The van der Waals surface area contributed by atoms with E-state index >= 15 is 0 Å².